The van der Waals surface area contributed by atoms with Gasteiger partial charge in [0, 0.05) is 23.8 Å². The lowest BCUT2D eigenvalue weighted by Gasteiger charge is -2.48. The van der Waals surface area contributed by atoms with E-state index in [0.717, 1.165) is 10.5 Å². The third kappa shape index (κ3) is 6.92. The summed E-state index contributed by atoms with van der Waals surface area (Å²) in [5.41, 5.74) is 2.94. The number of esters is 1. The van der Waals surface area contributed by atoms with Crippen LogP contribution in [0.2, 0.25) is 0 Å². The quantitative estimate of drug-likeness (QED) is 0.394. The minimum atomic E-state index is -0.890. The first kappa shape index (κ1) is 26.3. The van der Waals surface area contributed by atoms with Crippen LogP contribution in [-0.4, -0.2) is 54.1 Å². The molecule has 2 aliphatic rings. The van der Waals surface area contributed by atoms with E-state index in [-0.39, 0.29) is 25.2 Å². The van der Waals surface area contributed by atoms with Crippen LogP contribution in [0.25, 0.3) is 0 Å². The van der Waals surface area contributed by atoms with Gasteiger partial charge in [0.1, 0.15) is 29.5 Å². The van der Waals surface area contributed by atoms with E-state index in [2.05, 4.69) is 5.48 Å². The normalized spacial score (nSPS) is 27.5. The Hall–Kier alpha value is -2.76. The largest absolute Gasteiger partial charge is 0.458 e. The maximum absolute atomic E-state index is 12.7. The van der Waals surface area contributed by atoms with Crippen LogP contribution in [0, 0.1) is 0 Å². The first-order valence-corrected chi connectivity index (χ1v) is 12.6. The highest BCUT2D eigenvalue weighted by molar-refractivity contribution is 7.99. The summed E-state index contributed by atoms with van der Waals surface area (Å²) in [6.45, 7) is 2.89. The van der Waals surface area contributed by atoms with Crippen LogP contribution in [0.15, 0.2) is 65.6 Å². The van der Waals surface area contributed by atoms with Crippen LogP contribution in [0.3, 0.4) is 0 Å². The first-order valence-electron chi connectivity index (χ1n) is 11.7. The molecule has 4 rings (SSSR count). The molecular weight excluding hydrogens is 486 g/mol. The Kier molecular flexibility index (Phi) is 9.11. The SMILES string of the molecule is CC(=O)CCC(=O)O[C@@H]1[C@H](NOC(C)=O)[C@H](Sc2ccccc2)O[C@@H]2CO[C@H](c3ccccc3)O[C@@H]12. The van der Waals surface area contributed by atoms with Crippen molar-refractivity contribution in [3.05, 3.63) is 66.2 Å². The van der Waals surface area contributed by atoms with Gasteiger partial charge in [-0.1, -0.05) is 60.3 Å². The maximum Gasteiger partial charge on any atom is 0.321 e. The van der Waals surface area contributed by atoms with Crippen LogP contribution in [0.5, 0.6) is 0 Å². The van der Waals surface area contributed by atoms with Crippen LogP contribution in [0.4, 0.5) is 0 Å². The first-order chi connectivity index (χ1) is 17.4. The molecule has 0 spiro atoms. The summed E-state index contributed by atoms with van der Waals surface area (Å²) in [7, 11) is 0. The Bertz CT molecular complexity index is 1040. The lowest BCUT2D eigenvalue weighted by atomic mass is 9.97. The molecule has 2 saturated heterocycles. The standard InChI is InChI=1S/C26H29NO8S/c1-16(28)13-14-21(30)33-24-22(27-35-17(2)29)26(36-19-11-7-4-8-12-19)32-20-15-31-25(34-23(20)24)18-9-5-3-6-10-18/h3-12,20,22-27H,13-15H2,1-2H3/t20-,22+,23-,24-,25+,26+/m1/s1. The molecule has 36 heavy (non-hydrogen) atoms. The lowest BCUT2D eigenvalue weighted by Crippen LogP contribution is -2.66. The number of nitrogens with one attached hydrogen (secondary N) is 1. The van der Waals surface area contributed by atoms with Gasteiger partial charge in [0.25, 0.3) is 0 Å². The van der Waals surface area contributed by atoms with Gasteiger partial charge in [0.2, 0.25) is 0 Å². The number of Topliss-reactive ketones (excluding diaryl/α,β-unsaturated/α-hetero) is 1. The Morgan fingerprint density at radius 2 is 1.67 bits per heavy atom. The zero-order chi connectivity index (χ0) is 25.5. The third-order valence-corrected chi connectivity index (χ3v) is 6.87. The molecule has 192 valence electrons. The van der Waals surface area contributed by atoms with Crippen molar-refractivity contribution < 1.29 is 38.2 Å². The summed E-state index contributed by atoms with van der Waals surface area (Å²) in [4.78, 5) is 41.9. The summed E-state index contributed by atoms with van der Waals surface area (Å²) < 4.78 is 24.5. The summed E-state index contributed by atoms with van der Waals surface area (Å²) in [5, 5.41) is 0. The van der Waals surface area contributed by atoms with Gasteiger partial charge in [-0.25, -0.2) is 0 Å². The molecule has 0 bridgehead atoms. The van der Waals surface area contributed by atoms with E-state index in [1.54, 1.807) is 0 Å². The molecular formula is C26H29NO8S. The lowest BCUT2D eigenvalue weighted by molar-refractivity contribution is -0.312. The molecule has 2 aliphatic heterocycles. The highest BCUT2D eigenvalue weighted by Crippen LogP contribution is 2.40. The number of benzene rings is 2. The van der Waals surface area contributed by atoms with E-state index in [1.807, 2.05) is 60.7 Å². The van der Waals surface area contributed by atoms with E-state index in [0.29, 0.717) is 0 Å². The summed E-state index contributed by atoms with van der Waals surface area (Å²) in [6, 6.07) is 18.2. The van der Waals surface area contributed by atoms with Crippen molar-refractivity contribution in [3.8, 4) is 0 Å². The van der Waals surface area contributed by atoms with Crippen molar-refractivity contribution in [1.29, 1.82) is 0 Å². The summed E-state index contributed by atoms with van der Waals surface area (Å²) in [5.74, 6) is -1.23. The number of hydroxylamine groups is 1. The average Bonchev–Trinajstić information content (AvgIpc) is 2.88. The van der Waals surface area contributed by atoms with Gasteiger partial charge in [0.05, 0.1) is 13.0 Å². The number of hydrogen-bond donors (Lipinski definition) is 1. The fourth-order valence-electron chi connectivity index (χ4n) is 3.99. The fraction of sp³-hybridized carbons (Fsp3) is 0.423. The molecule has 0 radical (unpaired) electrons. The number of thioether (sulfide) groups is 1. The van der Waals surface area contributed by atoms with Crippen molar-refractivity contribution >= 4 is 29.5 Å². The second-order valence-corrected chi connectivity index (χ2v) is 9.72. The van der Waals surface area contributed by atoms with E-state index in [1.165, 1.54) is 25.6 Å². The molecule has 0 amide bonds. The predicted molar refractivity (Wildman–Crippen MR) is 129 cm³/mol. The molecule has 1 N–H and O–H groups in total. The van der Waals surface area contributed by atoms with E-state index < -0.39 is 48.0 Å². The Morgan fingerprint density at radius 1 is 0.972 bits per heavy atom. The molecule has 0 aliphatic carbocycles. The minimum absolute atomic E-state index is 0.0665. The van der Waals surface area contributed by atoms with Gasteiger partial charge in [0.15, 0.2) is 12.4 Å². The van der Waals surface area contributed by atoms with Gasteiger partial charge in [-0.3, -0.25) is 9.59 Å². The van der Waals surface area contributed by atoms with Crippen LogP contribution >= 0.6 is 11.8 Å². The van der Waals surface area contributed by atoms with E-state index in [4.69, 9.17) is 23.8 Å². The van der Waals surface area contributed by atoms with Gasteiger partial charge in [-0.15, -0.1) is 5.48 Å². The summed E-state index contributed by atoms with van der Waals surface area (Å²) in [6.07, 6.45) is -2.85. The van der Waals surface area contributed by atoms with Crippen LogP contribution in [-0.2, 0) is 38.2 Å². The molecule has 2 fully saturated rings. The topological polar surface area (TPSA) is 109 Å². The number of hydrogen-bond acceptors (Lipinski definition) is 10. The highest BCUT2D eigenvalue weighted by atomic mass is 32.2. The smallest absolute Gasteiger partial charge is 0.321 e. The molecule has 9 nitrogen and oxygen atoms in total. The second-order valence-electron chi connectivity index (χ2n) is 8.54. The van der Waals surface area contributed by atoms with Gasteiger partial charge < -0.3 is 28.6 Å². The van der Waals surface area contributed by atoms with Crippen molar-refractivity contribution in [3.63, 3.8) is 0 Å². The average molecular weight is 516 g/mol. The molecule has 0 aromatic heterocycles. The number of fused-ring (bicyclic) bond motifs is 1. The predicted octanol–water partition coefficient (Wildman–Crippen LogP) is 3.34. The number of rotatable bonds is 9. The minimum Gasteiger partial charge on any atom is -0.458 e. The number of ether oxygens (including phenoxy) is 4. The van der Waals surface area contributed by atoms with Gasteiger partial charge in [-0.2, -0.15) is 0 Å². The molecule has 2 heterocycles. The Morgan fingerprint density at radius 3 is 2.33 bits per heavy atom. The van der Waals surface area contributed by atoms with Gasteiger partial charge in [-0.05, 0) is 19.1 Å². The monoisotopic (exact) mass is 515 g/mol. The number of carbonyl (C=O) groups excluding carboxylic acids is 3. The molecule has 0 unspecified atom stereocenters. The zero-order valence-corrected chi connectivity index (χ0v) is 20.8. The van der Waals surface area contributed by atoms with E-state index >= 15 is 0 Å². The molecule has 2 aromatic carbocycles. The fourth-order valence-corrected chi connectivity index (χ4v) is 5.13. The molecule has 0 saturated carbocycles. The third-order valence-electron chi connectivity index (χ3n) is 5.69. The Labute approximate surface area is 213 Å². The highest BCUT2D eigenvalue weighted by Gasteiger charge is 2.52. The van der Waals surface area contributed by atoms with Crippen molar-refractivity contribution in [2.45, 2.75) is 67.7 Å². The Balaban J connectivity index is 1.62. The molecule has 2 aromatic rings. The number of carbonyl (C=O) groups is 3. The van der Waals surface area contributed by atoms with Crippen LogP contribution < -0.4 is 5.48 Å². The zero-order valence-electron chi connectivity index (χ0n) is 20.0. The second kappa shape index (κ2) is 12.5. The van der Waals surface area contributed by atoms with Crippen molar-refractivity contribution in [1.82, 2.24) is 5.48 Å². The molecule has 6 atom stereocenters. The van der Waals surface area contributed by atoms with Crippen molar-refractivity contribution in [2.24, 2.45) is 0 Å². The number of ketones is 1. The van der Waals surface area contributed by atoms with E-state index in [9.17, 15) is 14.4 Å². The van der Waals surface area contributed by atoms with Gasteiger partial charge >= 0.3 is 11.9 Å². The van der Waals surface area contributed by atoms with Crippen LogP contribution in [0.1, 0.15) is 38.5 Å². The maximum atomic E-state index is 12.7. The molecule has 10 heteroatoms. The summed E-state index contributed by atoms with van der Waals surface area (Å²) >= 11 is 1.39. The van der Waals surface area contributed by atoms with Crippen molar-refractivity contribution in [2.75, 3.05) is 6.61 Å².